The van der Waals surface area contributed by atoms with Crippen LogP contribution in [0.15, 0.2) is 83.4 Å². The number of halogens is 1. The zero-order valence-corrected chi connectivity index (χ0v) is 20.3. The van der Waals surface area contributed by atoms with Gasteiger partial charge in [-0.3, -0.25) is 4.57 Å². The van der Waals surface area contributed by atoms with E-state index >= 15 is 0 Å². The lowest BCUT2D eigenvalue weighted by Gasteiger charge is -2.08. The molecule has 3 rings (SSSR count). The van der Waals surface area contributed by atoms with E-state index in [1.165, 1.54) is 6.26 Å². The summed E-state index contributed by atoms with van der Waals surface area (Å²) in [6.07, 6.45) is 12.3. The van der Waals surface area contributed by atoms with Gasteiger partial charge in [0.25, 0.3) is 0 Å². The topological polar surface area (TPSA) is 52.0 Å². The van der Waals surface area contributed by atoms with Crippen molar-refractivity contribution < 1.29 is 8.42 Å². The van der Waals surface area contributed by atoms with Gasteiger partial charge >= 0.3 is 0 Å². The van der Waals surface area contributed by atoms with E-state index in [2.05, 4.69) is 5.92 Å². The van der Waals surface area contributed by atoms with Crippen LogP contribution in [0, 0.1) is 12.3 Å². The Bertz CT molecular complexity index is 1250. The Labute approximate surface area is 196 Å². The molecule has 0 spiro atoms. The summed E-state index contributed by atoms with van der Waals surface area (Å²) in [5.41, 5.74) is 4.16. The highest BCUT2D eigenvalue weighted by Crippen LogP contribution is 2.26. The first-order valence-electron chi connectivity index (χ1n) is 10.2. The van der Waals surface area contributed by atoms with Crippen molar-refractivity contribution in [3.8, 4) is 29.3 Å². The number of alkyl halides is 1. The lowest BCUT2D eigenvalue weighted by Crippen LogP contribution is -2.01. The number of nitrogens with zero attached hydrogens (tertiary/aromatic N) is 2. The van der Waals surface area contributed by atoms with Gasteiger partial charge in [-0.1, -0.05) is 56.2 Å². The number of terminal acetylenes is 1. The number of imidazole rings is 1. The van der Waals surface area contributed by atoms with E-state index in [0.717, 1.165) is 28.3 Å². The van der Waals surface area contributed by atoms with Crippen LogP contribution in [-0.2, 0) is 9.84 Å². The minimum atomic E-state index is -3.27. The first-order valence-corrected chi connectivity index (χ1v) is 12.6. The molecule has 0 atom stereocenters. The molecule has 1 heterocycles. The summed E-state index contributed by atoms with van der Waals surface area (Å²) in [6.45, 7) is 5.94. The molecule has 0 saturated heterocycles. The van der Waals surface area contributed by atoms with Crippen LogP contribution >= 0.6 is 11.6 Å². The van der Waals surface area contributed by atoms with E-state index in [-0.39, 0.29) is 10.8 Å². The number of allylic oxidation sites excluding steroid dienone is 4. The molecule has 2 aromatic carbocycles. The fraction of sp³-hybridized carbons (Fsp3) is 0.192. The lowest BCUT2D eigenvalue weighted by atomic mass is 10.2. The average molecular weight is 467 g/mol. The third-order valence-corrected chi connectivity index (χ3v) is 5.95. The predicted octanol–water partition coefficient (Wildman–Crippen LogP) is 6.17. The first-order chi connectivity index (χ1) is 15.3. The molecule has 1 aromatic heterocycles. The monoisotopic (exact) mass is 466 g/mol. The number of benzene rings is 2. The van der Waals surface area contributed by atoms with Crippen molar-refractivity contribution >= 4 is 27.0 Å². The molecule has 0 aliphatic carbocycles. The number of rotatable bonds is 6. The summed E-state index contributed by atoms with van der Waals surface area (Å²) < 4.78 is 25.5. The molecular weight excluding hydrogens is 440 g/mol. The Morgan fingerprint density at radius 2 is 1.72 bits per heavy atom. The molecule has 0 radical (unpaired) electrons. The van der Waals surface area contributed by atoms with Gasteiger partial charge in [0.05, 0.1) is 16.5 Å². The van der Waals surface area contributed by atoms with Crippen LogP contribution in [0.25, 0.3) is 22.5 Å². The van der Waals surface area contributed by atoms with E-state index in [1.807, 2.05) is 67.9 Å². The highest BCUT2D eigenvalue weighted by Gasteiger charge is 2.14. The molecule has 0 unspecified atom stereocenters. The Morgan fingerprint density at radius 3 is 2.25 bits per heavy atom. The normalized spacial score (nSPS) is 12.0. The fourth-order valence-corrected chi connectivity index (χ4v) is 3.69. The minimum Gasteiger partial charge on any atom is -0.299 e. The van der Waals surface area contributed by atoms with Gasteiger partial charge in [0.2, 0.25) is 0 Å². The average Bonchev–Trinajstić information content (AvgIpc) is 3.27. The number of hydrogen-bond acceptors (Lipinski definition) is 3. The van der Waals surface area contributed by atoms with Crippen LogP contribution in [0.1, 0.15) is 26.6 Å². The van der Waals surface area contributed by atoms with E-state index < -0.39 is 9.84 Å². The molecule has 0 fully saturated rings. The molecule has 0 aliphatic rings. The zero-order chi connectivity index (χ0) is 23.7. The zero-order valence-electron chi connectivity index (χ0n) is 18.7. The van der Waals surface area contributed by atoms with E-state index in [0.29, 0.717) is 5.57 Å². The molecule has 0 amide bonds. The summed E-state index contributed by atoms with van der Waals surface area (Å²) in [4.78, 5) is 5.09. The fourth-order valence-electron chi connectivity index (χ4n) is 2.89. The lowest BCUT2D eigenvalue weighted by molar-refractivity contribution is 0.602. The standard InChI is InChI=1S/C24H21ClN2O2S.C2H6/c1-4-19(16-25)11-10-18(2)24-26-23(20-8-6-5-7-9-20)17-27(24)21-12-14-22(15-13-21)30(3,28)29;1-2/h1,5-15,17H,16H2,2-3H3;1-2H3/b18-10+,19-11+;. The summed E-state index contributed by atoms with van der Waals surface area (Å²) in [7, 11) is -3.27. The SMILES string of the molecule is C#C/C(=C\C=C(/C)c1nc(-c2ccccc2)cn1-c1ccc(S(C)(=O)=O)cc1)CCl.CC. The molecular formula is C26H27ClN2O2S. The van der Waals surface area contributed by atoms with Crippen LogP contribution in [0.2, 0.25) is 0 Å². The molecule has 3 aromatic rings. The first kappa shape index (κ1) is 25.2. The molecule has 0 bridgehead atoms. The molecule has 6 heteroatoms. The Balaban J connectivity index is 0.00000176. The minimum absolute atomic E-state index is 0.261. The maximum absolute atomic E-state index is 11.8. The maximum atomic E-state index is 11.8. The molecule has 0 N–H and O–H groups in total. The Morgan fingerprint density at radius 1 is 1.09 bits per heavy atom. The van der Waals surface area contributed by atoms with Crippen molar-refractivity contribution in [3.63, 3.8) is 0 Å². The van der Waals surface area contributed by atoms with Gasteiger partial charge in [0, 0.05) is 29.3 Å². The van der Waals surface area contributed by atoms with Gasteiger partial charge in [0.1, 0.15) is 5.82 Å². The molecule has 4 nitrogen and oxygen atoms in total. The molecule has 166 valence electrons. The van der Waals surface area contributed by atoms with Crippen molar-refractivity contribution in [1.29, 1.82) is 0 Å². The van der Waals surface area contributed by atoms with Crippen molar-refractivity contribution in [2.24, 2.45) is 0 Å². The predicted molar refractivity (Wildman–Crippen MR) is 135 cm³/mol. The van der Waals surface area contributed by atoms with Crippen LogP contribution in [0.5, 0.6) is 0 Å². The Hall–Kier alpha value is -3.07. The summed E-state index contributed by atoms with van der Waals surface area (Å²) >= 11 is 5.85. The highest BCUT2D eigenvalue weighted by molar-refractivity contribution is 7.90. The van der Waals surface area contributed by atoms with Gasteiger partial charge in [-0.2, -0.15) is 0 Å². The van der Waals surface area contributed by atoms with Gasteiger partial charge < -0.3 is 0 Å². The van der Waals surface area contributed by atoms with Crippen molar-refractivity contribution in [1.82, 2.24) is 9.55 Å². The van der Waals surface area contributed by atoms with Gasteiger partial charge in [-0.25, -0.2) is 13.4 Å². The van der Waals surface area contributed by atoms with Gasteiger partial charge in [-0.05, 0) is 42.8 Å². The van der Waals surface area contributed by atoms with E-state index in [1.54, 1.807) is 30.3 Å². The van der Waals surface area contributed by atoms with Crippen molar-refractivity contribution in [2.45, 2.75) is 25.7 Å². The van der Waals surface area contributed by atoms with Crippen LogP contribution in [-0.4, -0.2) is 30.1 Å². The molecule has 32 heavy (non-hydrogen) atoms. The second-order valence-corrected chi connectivity index (χ2v) is 9.05. The summed E-state index contributed by atoms with van der Waals surface area (Å²) in [6, 6.07) is 16.6. The quantitative estimate of drug-likeness (QED) is 0.248. The number of aromatic nitrogens is 2. The third-order valence-electron chi connectivity index (χ3n) is 4.54. The largest absolute Gasteiger partial charge is 0.299 e. The smallest absolute Gasteiger partial charge is 0.175 e. The number of sulfone groups is 1. The van der Waals surface area contributed by atoms with Gasteiger partial charge in [-0.15, -0.1) is 18.0 Å². The van der Waals surface area contributed by atoms with E-state index in [4.69, 9.17) is 23.0 Å². The van der Waals surface area contributed by atoms with E-state index in [9.17, 15) is 8.42 Å². The molecule has 0 aliphatic heterocycles. The maximum Gasteiger partial charge on any atom is 0.175 e. The Kier molecular flexibility index (Phi) is 9.07. The summed E-state index contributed by atoms with van der Waals surface area (Å²) in [5, 5.41) is 0. The van der Waals surface area contributed by atoms with Crippen LogP contribution in [0.4, 0.5) is 0 Å². The second kappa shape index (κ2) is 11.5. The van der Waals surface area contributed by atoms with Crippen LogP contribution < -0.4 is 0 Å². The number of hydrogen-bond donors (Lipinski definition) is 0. The molecule has 0 saturated carbocycles. The second-order valence-electron chi connectivity index (χ2n) is 6.77. The van der Waals surface area contributed by atoms with Crippen molar-refractivity contribution in [2.75, 3.05) is 12.1 Å². The van der Waals surface area contributed by atoms with Gasteiger partial charge in [0.15, 0.2) is 9.84 Å². The van der Waals surface area contributed by atoms with Crippen molar-refractivity contribution in [3.05, 3.63) is 84.3 Å². The third kappa shape index (κ3) is 6.23. The van der Waals surface area contributed by atoms with Crippen LogP contribution in [0.3, 0.4) is 0 Å². The summed E-state index contributed by atoms with van der Waals surface area (Å²) in [5.74, 6) is 3.54. The highest BCUT2D eigenvalue weighted by atomic mass is 35.5.